The average Bonchev–Trinajstić information content (AvgIpc) is 3.28. The minimum atomic E-state index is -3.30. The molecule has 1 heterocycles. The number of nitrogens with zero attached hydrogens (tertiary/aromatic N) is 3. The lowest BCUT2D eigenvalue weighted by Crippen LogP contribution is -2.24. The van der Waals surface area contributed by atoms with Gasteiger partial charge < -0.3 is 10.2 Å². The van der Waals surface area contributed by atoms with Gasteiger partial charge in [-0.05, 0) is 57.7 Å². The Kier molecular flexibility index (Phi) is 8.07. The number of hydrogen-bond donors (Lipinski definition) is 1. The lowest BCUT2D eigenvalue weighted by atomic mass is 9.87. The summed E-state index contributed by atoms with van der Waals surface area (Å²) in [7, 11) is -3.30. The molecule has 1 aromatic heterocycles. The van der Waals surface area contributed by atoms with Crippen molar-refractivity contribution in [2.45, 2.75) is 76.2 Å². The number of anilines is 1. The second kappa shape index (κ2) is 10.6. The molecule has 0 bridgehead atoms. The van der Waals surface area contributed by atoms with Gasteiger partial charge in [-0.3, -0.25) is 4.79 Å². The van der Waals surface area contributed by atoms with E-state index in [1.165, 1.54) is 25.3 Å². The molecule has 1 aliphatic rings. The molecule has 3 rings (SSSR count). The third kappa shape index (κ3) is 7.35. The second-order valence-electron chi connectivity index (χ2n) is 9.94. The molecule has 0 spiro atoms. The Bertz CT molecular complexity index is 1120. The van der Waals surface area contributed by atoms with E-state index in [1.54, 1.807) is 37.4 Å². The fraction of sp³-hybridized carbons (Fsp3) is 0.520. The number of aromatic nitrogens is 2. The van der Waals surface area contributed by atoms with Gasteiger partial charge in [-0.25, -0.2) is 18.4 Å². The first-order valence-corrected chi connectivity index (χ1v) is 13.5. The van der Waals surface area contributed by atoms with Crippen molar-refractivity contribution >= 4 is 27.3 Å². The van der Waals surface area contributed by atoms with Gasteiger partial charge in [0.1, 0.15) is 17.0 Å². The van der Waals surface area contributed by atoms with Gasteiger partial charge in [-0.1, -0.05) is 43.0 Å². The van der Waals surface area contributed by atoms with Crippen LogP contribution in [0.3, 0.4) is 0 Å². The molecule has 1 atom stereocenters. The van der Waals surface area contributed by atoms with Crippen LogP contribution >= 0.6 is 0 Å². The van der Waals surface area contributed by atoms with Crippen LogP contribution in [-0.2, 0) is 19.5 Å². The van der Waals surface area contributed by atoms with Crippen molar-refractivity contribution in [3.63, 3.8) is 0 Å². The van der Waals surface area contributed by atoms with Crippen molar-refractivity contribution < 1.29 is 18.0 Å². The highest BCUT2D eigenvalue weighted by Crippen LogP contribution is 2.35. The fourth-order valence-electron chi connectivity index (χ4n) is 3.97. The van der Waals surface area contributed by atoms with Gasteiger partial charge >= 0.3 is 0 Å². The van der Waals surface area contributed by atoms with Crippen LogP contribution in [0.2, 0.25) is 0 Å². The van der Waals surface area contributed by atoms with Gasteiger partial charge in [0.2, 0.25) is 5.91 Å². The lowest BCUT2D eigenvalue weighted by molar-refractivity contribution is -0.118. The molecule has 9 heteroatoms. The monoisotopic (exact) mass is 486 g/mol. The smallest absolute Gasteiger partial charge is 0.233 e. The minimum Gasteiger partial charge on any atom is -0.390 e. The summed E-state index contributed by atoms with van der Waals surface area (Å²) >= 11 is 0. The first-order chi connectivity index (χ1) is 15.9. The summed E-state index contributed by atoms with van der Waals surface area (Å²) in [4.78, 5) is 27.6. The normalized spacial score (nSPS) is 16.3. The SMILES string of the molecule is CC(=NOC(C)(C)C)c1cnc(NC(=O)[C@H](CC2CCCC2)c2ccc(S(C)(=O)=O)cc2)cn1. The fourth-order valence-corrected chi connectivity index (χ4v) is 4.60. The summed E-state index contributed by atoms with van der Waals surface area (Å²) in [5.41, 5.74) is 1.53. The van der Waals surface area contributed by atoms with E-state index in [1.807, 2.05) is 20.8 Å². The summed E-state index contributed by atoms with van der Waals surface area (Å²) in [6.07, 6.45) is 9.51. The van der Waals surface area contributed by atoms with Crippen LogP contribution in [0.25, 0.3) is 0 Å². The maximum absolute atomic E-state index is 13.3. The Labute approximate surface area is 202 Å². The van der Waals surface area contributed by atoms with Gasteiger partial charge in [0, 0.05) is 6.26 Å². The van der Waals surface area contributed by atoms with Gasteiger partial charge in [0.15, 0.2) is 15.7 Å². The van der Waals surface area contributed by atoms with Crippen molar-refractivity contribution in [2.75, 3.05) is 11.6 Å². The highest BCUT2D eigenvalue weighted by atomic mass is 32.2. The molecule has 1 fully saturated rings. The van der Waals surface area contributed by atoms with E-state index < -0.39 is 21.4 Å². The average molecular weight is 487 g/mol. The molecule has 1 aliphatic carbocycles. The highest BCUT2D eigenvalue weighted by molar-refractivity contribution is 7.90. The number of carbonyl (C=O) groups is 1. The van der Waals surface area contributed by atoms with Gasteiger partial charge in [0.05, 0.1) is 23.2 Å². The number of nitrogens with one attached hydrogen (secondary N) is 1. The van der Waals surface area contributed by atoms with Crippen LogP contribution in [0.15, 0.2) is 46.7 Å². The van der Waals surface area contributed by atoms with Crippen LogP contribution in [0, 0.1) is 5.92 Å². The van der Waals surface area contributed by atoms with E-state index in [2.05, 4.69) is 20.4 Å². The van der Waals surface area contributed by atoms with Crippen LogP contribution in [-0.4, -0.2) is 41.9 Å². The first kappa shape index (κ1) is 25.8. The molecule has 34 heavy (non-hydrogen) atoms. The zero-order valence-corrected chi connectivity index (χ0v) is 21.4. The predicted octanol–water partition coefficient (Wildman–Crippen LogP) is 4.72. The Morgan fingerprint density at radius 3 is 2.32 bits per heavy atom. The summed E-state index contributed by atoms with van der Waals surface area (Å²) in [6, 6.07) is 6.60. The number of benzene rings is 1. The van der Waals surface area contributed by atoms with Gasteiger partial charge in [-0.2, -0.15) is 0 Å². The Morgan fingerprint density at radius 1 is 1.15 bits per heavy atom. The number of carbonyl (C=O) groups excluding carboxylic acids is 1. The van der Waals surface area contributed by atoms with E-state index in [0.717, 1.165) is 18.4 Å². The topological polar surface area (TPSA) is 111 Å². The molecule has 1 amide bonds. The number of amides is 1. The van der Waals surface area contributed by atoms with Crippen LogP contribution in [0.1, 0.15) is 77.0 Å². The maximum atomic E-state index is 13.3. The third-order valence-corrected chi connectivity index (χ3v) is 6.93. The van der Waals surface area contributed by atoms with E-state index in [-0.39, 0.29) is 10.8 Å². The van der Waals surface area contributed by atoms with E-state index >= 15 is 0 Å². The minimum absolute atomic E-state index is 0.178. The molecule has 8 nitrogen and oxygen atoms in total. The molecular formula is C25H34N4O4S. The van der Waals surface area contributed by atoms with E-state index in [9.17, 15) is 13.2 Å². The van der Waals surface area contributed by atoms with Crippen molar-refractivity contribution in [3.8, 4) is 0 Å². The third-order valence-electron chi connectivity index (χ3n) is 5.80. The first-order valence-electron chi connectivity index (χ1n) is 11.6. The number of sulfone groups is 1. The van der Waals surface area contributed by atoms with E-state index in [0.29, 0.717) is 29.6 Å². The largest absolute Gasteiger partial charge is 0.390 e. The Hall–Kier alpha value is -2.81. The molecule has 2 aromatic rings. The number of rotatable bonds is 8. The summed E-state index contributed by atoms with van der Waals surface area (Å²) in [6.45, 7) is 7.51. The van der Waals surface area contributed by atoms with Gasteiger partial charge in [0.25, 0.3) is 0 Å². The zero-order chi connectivity index (χ0) is 24.9. The standard InChI is InChI=1S/C25H34N4O4S/c1-17(29-33-25(2,3)4)22-15-27-23(16-26-22)28-24(30)21(14-18-8-6-7-9-18)19-10-12-20(13-11-19)34(5,31)32/h10-13,15-16,18,21H,6-9,14H2,1-5H3,(H,27,28,30)/t21-/m1/s1. The van der Waals surface area contributed by atoms with Crippen molar-refractivity contribution in [1.29, 1.82) is 0 Å². The quantitative estimate of drug-likeness (QED) is 0.427. The van der Waals surface area contributed by atoms with Crippen molar-refractivity contribution in [2.24, 2.45) is 11.1 Å². The number of oxime groups is 1. The zero-order valence-electron chi connectivity index (χ0n) is 20.5. The summed E-state index contributed by atoms with van der Waals surface area (Å²) in [5.74, 6) is 0.243. The van der Waals surface area contributed by atoms with E-state index in [4.69, 9.17) is 4.84 Å². The predicted molar refractivity (Wildman–Crippen MR) is 133 cm³/mol. The van der Waals surface area contributed by atoms with Crippen LogP contribution in [0.5, 0.6) is 0 Å². The molecule has 0 aliphatic heterocycles. The molecular weight excluding hydrogens is 452 g/mol. The Morgan fingerprint density at radius 2 is 1.79 bits per heavy atom. The molecule has 0 saturated heterocycles. The number of hydrogen-bond acceptors (Lipinski definition) is 7. The second-order valence-corrected chi connectivity index (χ2v) is 12.0. The molecule has 0 radical (unpaired) electrons. The summed E-state index contributed by atoms with van der Waals surface area (Å²) < 4.78 is 23.6. The van der Waals surface area contributed by atoms with Crippen molar-refractivity contribution in [1.82, 2.24) is 9.97 Å². The van der Waals surface area contributed by atoms with Crippen molar-refractivity contribution in [3.05, 3.63) is 47.9 Å². The van der Waals surface area contributed by atoms with Crippen LogP contribution < -0.4 is 5.32 Å². The molecule has 1 saturated carbocycles. The van der Waals surface area contributed by atoms with Gasteiger partial charge in [-0.15, -0.1) is 0 Å². The van der Waals surface area contributed by atoms with Crippen LogP contribution in [0.4, 0.5) is 5.82 Å². The highest BCUT2D eigenvalue weighted by Gasteiger charge is 2.27. The molecule has 184 valence electrons. The Balaban J connectivity index is 1.76. The molecule has 1 N–H and O–H groups in total. The maximum Gasteiger partial charge on any atom is 0.233 e. The summed E-state index contributed by atoms with van der Waals surface area (Å²) in [5, 5.41) is 6.97. The lowest BCUT2D eigenvalue weighted by Gasteiger charge is -2.20. The molecule has 1 aromatic carbocycles. The molecule has 0 unspecified atom stereocenters.